The van der Waals surface area contributed by atoms with Crippen LogP contribution in [0, 0.1) is 17.2 Å². The van der Waals surface area contributed by atoms with Gasteiger partial charge >= 0.3 is 0 Å². The van der Waals surface area contributed by atoms with Crippen LogP contribution in [-0.2, 0) is 24.4 Å². The molecule has 3 aliphatic rings. The number of aliphatic hydroxyl groups is 1. The number of hydrogen-bond donors (Lipinski definition) is 2. The van der Waals surface area contributed by atoms with Crippen LogP contribution in [0.15, 0.2) is 67.0 Å². The van der Waals surface area contributed by atoms with Crippen molar-refractivity contribution in [2.45, 2.75) is 76.7 Å². The van der Waals surface area contributed by atoms with Gasteiger partial charge in [0.1, 0.15) is 41.8 Å². The highest BCUT2D eigenvalue weighted by Gasteiger charge is 2.29. The van der Waals surface area contributed by atoms with E-state index in [9.17, 15) is 15.2 Å². The number of likely N-dealkylation sites (tertiary alicyclic amines) is 1. The van der Waals surface area contributed by atoms with Gasteiger partial charge in [-0.15, -0.1) is 0 Å². The molecule has 2 aliphatic carbocycles. The van der Waals surface area contributed by atoms with E-state index in [2.05, 4.69) is 33.4 Å². The molecule has 1 saturated carbocycles. The summed E-state index contributed by atoms with van der Waals surface area (Å²) >= 11 is 13.9. The first-order chi connectivity index (χ1) is 26.3. The number of nitrogens with zero attached hydrogens (tertiary/aromatic N) is 3. The number of carbonyl (C=O) groups is 1. The third kappa shape index (κ3) is 9.37. The van der Waals surface area contributed by atoms with Crippen LogP contribution in [0.3, 0.4) is 0 Å². The number of ketones is 1. The molecule has 9 nitrogen and oxygen atoms in total. The summed E-state index contributed by atoms with van der Waals surface area (Å²) in [5.74, 6) is 2.48. The van der Waals surface area contributed by atoms with Gasteiger partial charge in [-0.05, 0) is 85.9 Å². The molecule has 0 amide bonds. The Balaban J connectivity index is 1.05. The van der Waals surface area contributed by atoms with Gasteiger partial charge in [-0.2, -0.15) is 5.26 Å². The predicted octanol–water partition coefficient (Wildman–Crippen LogP) is 8.26. The van der Waals surface area contributed by atoms with Crippen molar-refractivity contribution in [3.05, 3.63) is 105 Å². The Morgan fingerprint density at radius 3 is 2.59 bits per heavy atom. The Morgan fingerprint density at radius 1 is 0.944 bits per heavy atom. The molecule has 0 unspecified atom stereocenters. The Hall–Kier alpha value is -4.17. The normalized spacial score (nSPS) is 18.7. The maximum Gasteiger partial charge on any atom is 0.142 e. The van der Waals surface area contributed by atoms with Crippen molar-refractivity contribution in [3.63, 3.8) is 0 Å². The topological polar surface area (TPSA) is 117 Å². The van der Waals surface area contributed by atoms with Crippen molar-refractivity contribution in [1.82, 2.24) is 15.2 Å². The summed E-state index contributed by atoms with van der Waals surface area (Å²) in [6.07, 6.45) is 9.15. The fraction of sp³-hybridized carbons (Fsp3) is 0.419. The number of fused-ring (bicyclic) bond motifs is 1. The molecular weight excluding hydrogens is 723 g/mol. The number of piperidine rings is 1. The average Bonchev–Trinajstić information content (AvgIpc) is 3.80. The van der Waals surface area contributed by atoms with E-state index in [0.29, 0.717) is 70.6 Å². The predicted molar refractivity (Wildman–Crippen MR) is 209 cm³/mol. The van der Waals surface area contributed by atoms with E-state index in [1.807, 2.05) is 36.4 Å². The summed E-state index contributed by atoms with van der Waals surface area (Å²) < 4.78 is 19.2. The molecule has 11 heteroatoms. The van der Waals surface area contributed by atoms with Crippen molar-refractivity contribution in [2.75, 3.05) is 32.8 Å². The van der Waals surface area contributed by atoms with E-state index in [1.54, 1.807) is 12.3 Å². The van der Waals surface area contributed by atoms with Crippen molar-refractivity contribution in [1.29, 1.82) is 5.26 Å². The summed E-state index contributed by atoms with van der Waals surface area (Å²) in [7, 11) is 0. The third-order valence-corrected chi connectivity index (χ3v) is 11.4. The number of nitriles is 1. The maximum absolute atomic E-state index is 11.8. The van der Waals surface area contributed by atoms with Gasteiger partial charge in [0.25, 0.3) is 0 Å². The number of rotatable bonds is 15. The summed E-state index contributed by atoms with van der Waals surface area (Å²) in [5, 5.41) is 23.7. The highest BCUT2D eigenvalue weighted by Crippen LogP contribution is 2.45. The number of hydrogen-bond acceptors (Lipinski definition) is 9. The molecule has 0 spiro atoms. The quantitative estimate of drug-likeness (QED) is 0.115. The Morgan fingerprint density at radius 2 is 1.78 bits per heavy atom. The first kappa shape index (κ1) is 38.1. The molecule has 2 heterocycles. The molecule has 2 fully saturated rings. The van der Waals surface area contributed by atoms with Gasteiger partial charge in [0, 0.05) is 74.2 Å². The fourth-order valence-corrected chi connectivity index (χ4v) is 8.30. The molecular formula is C43H46Cl2N4O5. The van der Waals surface area contributed by atoms with E-state index in [0.717, 1.165) is 92.5 Å². The maximum atomic E-state index is 11.8. The van der Waals surface area contributed by atoms with E-state index >= 15 is 0 Å². The van der Waals surface area contributed by atoms with Gasteiger partial charge in [0.2, 0.25) is 0 Å². The molecule has 282 valence electrons. The number of benzene rings is 3. The number of pyridine rings is 1. The van der Waals surface area contributed by atoms with E-state index in [1.165, 1.54) is 11.8 Å². The zero-order chi connectivity index (χ0) is 37.4. The van der Waals surface area contributed by atoms with Crippen LogP contribution < -0.4 is 19.5 Å². The number of halogens is 2. The van der Waals surface area contributed by atoms with Gasteiger partial charge in [-0.25, -0.2) is 0 Å². The first-order valence-electron chi connectivity index (χ1n) is 19.0. The second kappa shape index (κ2) is 18.0. The molecule has 4 aromatic rings. The highest BCUT2D eigenvalue weighted by atomic mass is 35.5. The van der Waals surface area contributed by atoms with Crippen LogP contribution >= 0.6 is 23.2 Å². The third-order valence-electron chi connectivity index (χ3n) is 10.7. The minimum Gasteiger partial charge on any atom is -0.492 e. The van der Waals surface area contributed by atoms with Crippen LogP contribution in [0.2, 0.25) is 10.0 Å². The molecule has 0 bridgehead atoms. The van der Waals surface area contributed by atoms with Crippen LogP contribution in [0.1, 0.15) is 78.9 Å². The smallest absolute Gasteiger partial charge is 0.142 e. The van der Waals surface area contributed by atoms with E-state index < -0.39 is 0 Å². The van der Waals surface area contributed by atoms with Gasteiger partial charge in [0.15, 0.2) is 0 Å². The number of Topliss-reactive ketones (excluding diaryl/α,β-unsaturated/α-hetero) is 1. The second-order valence-corrected chi connectivity index (χ2v) is 15.3. The summed E-state index contributed by atoms with van der Waals surface area (Å²) in [5.41, 5.74) is 6.40. The van der Waals surface area contributed by atoms with Crippen LogP contribution in [0.25, 0.3) is 11.1 Å². The molecule has 1 aliphatic heterocycles. The SMILES string of the molecule is N#Cc1cncc(COc2cc(O[C@H]3CCc4c(-c5cccc(OCCCN6CCC(O)CC6)c5Cl)cccc43)c(Cl)cc2CNC[C@@H]2CCC(=O)C2)c1. The zero-order valence-corrected chi connectivity index (χ0v) is 31.9. The molecule has 2 atom stereocenters. The van der Waals surface area contributed by atoms with Crippen molar-refractivity contribution < 1.29 is 24.1 Å². The minimum atomic E-state index is -0.222. The molecule has 1 saturated heterocycles. The summed E-state index contributed by atoms with van der Waals surface area (Å²) in [6, 6.07) is 19.8. The van der Waals surface area contributed by atoms with Gasteiger partial charge < -0.3 is 29.5 Å². The van der Waals surface area contributed by atoms with Crippen molar-refractivity contribution in [2.24, 2.45) is 5.92 Å². The largest absolute Gasteiger partial charge is 0.492 e. The highest BCUT2D eigenvalue weighted by molar-refractivity contribution is 6.35. The first-order valence-corrected chi connectivity index (χ1v) is 19.7. The van der Waals surface area contributed by atoms with Crippen LogP contribution in [-0.4, -0.2) is 59.7 Å². The molecule has 54 heavy (non-hydrogen) atoms. The molecule has 1 aromatic heterocycles. The fourth-order valence-electron chi connectivity index (χ4n) is 7.79. The number of aliphatic hydroxyl groups excluding tert-OH is 1. The number of aromatic nitrogens is 1. The summed E-state index contributed by atoms with van der Waals surface area (Å²) in [6.45, 7) is 4.82. The number of ether oxygens (including phenoxy) is 3. The molecule has 3 aromatic carbocycles. The number of carbonyl (C=O) groups excluding carboxylic acids is 1. The lowest BCUT2D eigenvalue weighted by atomic mass is 9.96. The molecule has 0 radical (unpaired) electrons. The minimum absolute atomic E-state index is 0.170. The average molecular weight is 770 g/mol. The Kier molecular flexibility index (Phi) is 12.7. The lowest BCUT2D eigenvalue weighted by Gasteiger charge is -2.29. The molecule has 7 rings (SSSR count). The van der Waals surface area contributed by atoms with E-state index in [-0.39, 0.29) is 18.8 Å². The lowest BCUT2D eigenvalue weighted by molar-refractivity contribution is -0.117. The zero-order valence-electron chi connectivity index (χ0n) is 30.4. The lowest BCUT2D eigenvalue weighted by Crippen LogP contribution is -2.36. The van der Waals surface area contributed by atoms with Crippen LogP contribution in [0.4, 0.5) is 0 Å². The second-order valence-electron chi connectivity index (χ2n) is 14.6. The Labute approximate surface area is 327 Å². The van der Waals surface area contributed by atoms with Crippen molar-refractivity contribution in [3.8, 4) is 34.4 Å². The van der Waals surface area contributed by atoms with Crippen molar-refractivity contribution >= 4 is 29.0 Å². The van der Waals surface area contributed by atoms with Crippen LogP contribution in [0.5, 0.6) is 17.2 Å². The van der Waals surface area contributed by atoms with Gasteiger partial charge in [-0.1, -0.05) is 53.5 Å². The summed E-state index contributed by atoms with van der Waals surface area (Å²) in [4.78, 5) is 18.4. The standard InChI is InChI=1S/C43H46Cl2N4O5/c44-38-20-31(26-48-23-28-8-9-33(51)19-28)41(53-27-30-18-29(22-46)24-47-25-30)21-42(38)54-39-11-10-35-34(4-1-5-36(35)39)37-6-2-7-40(43(37)45)52-17-3-14-49-15-12-32(50)13-16-49/h1-2,4-7,18,20-21,24-25,28,32,39,48,50H,3,8-17,19,23,26-27H2/t28-,39+/m1/s1. The van der Waals surface area contributed by atoms with Gasteiger partial charge in [-0.3, -0.25) is 9.78 Å². The van der Waals surface area contributed by atoms with E-state index in [4.69, 9.17) is 37.4 Å². The monoisotopic (exact) mass is 768 g/mol. The number of nitrogens with one attached hydrogen (secondary N) is 1. The van der Waals surface area contributed by atoms with Gasteiger partial charge in [0.05, 0.1) is 28.3 Å². The molecule has 2 N–H and O–H groups in total. The Bertz CT molecular complexity index is 1990.